The summed E-state index contributed by atoms with van der Waals surface area (Å²) in [6.07, 6.45) is 1.80. The van der Waals surface area contributed by atoms with Crippen molar-refractivity contribution < 1.29 is 23.0 Å². The lowest BCUT2D eigenvalue weighted by atomic mass is 9.87. The Hall–Kier alpha value is -2.31. The van der Waals surface area contributed by atoms with E-state index in [9.17, 15) is 13.6 Å². The van der Waals surface area contributed by atoms with E-state index in [0.717, 1.165) is 24.0 Å². The number of piperidine rings is 1. The van der Waals surface area contributed by atoms with Crippen LogP contribution in [0.4, 0.5) is 8.78 Å². The van der Waals surface area contributed by atoms with Crippen molar-refractivity contribution in [1.82, 2.24) is 4.90 Å². The van der Waals surface area contributed by atoms with Crippen molar-refractivity contribution in [2.45, 2.75) is 43.6 Å². The molecule has 0 radical (unpaired) electrons. The molecule has 2 bridgehead atoms. The van der Waals surface area contributed by atoms with Crippen LogP contribution >= 0.6 is 0 Å². The summed E-state index contributed by atoms with van der Waals surface area (Å²) in [5, 5.41) is 0. The summed E-state index contributed by atoms with van der Waals surface area (Å²) >= 11 is 0. The van der Waals surface area contributed by atoms with Crippen LogP contribution in [0.25, 0.3) is 0 Å². The van der Waals surface area contributed by atoms with Gasteiger partial charge in [-0.15, -0.1) is 0 Å². The Bertz CT molecular complexity index is 810. The second kappa shape index (κ2) is 8.20. The first-order valence-corrected chi connectivity index (χ1v) is 9.94. The molecule has 0 amide bonds. The molecule has 0 aromatic heterocycles. The molecule has 2 aliphatic heterocycles. The maximum absolute atomic E-state index is 13.5. The van der Waals surface area contributed by atoms with Crippen LogP contribution in [0.15, 0.2) is 48.5 Å². The van der Waals surface area contributed by atoms with Gasteiger partial charge < -0.3 is 9.47 Å². The number of carbonyl (C=O) groups is 1. The fourth-order valence-corrected chi connectivity index (χ4v) is 4.81. The first kappa shape index (κ1) is 20.0. The van der Waals surface area contributed by atoms with E-state index in [0.29, 0.717) is 12.5 Å². The van der Waals surface area contributed by atoms with Crippen molar-refractivity contribution in [2.24, 2.45) is 5.92 Å². The third kappa shape index (κ3) is 3.91. The van der Waals surface area contributed by atoms with Crippen LogP contribution in [-0.2, 0) is 14.3 Å². The topological polar surface area (TPSA) is 38.8 Å². The first-order valence-electron chi connectivity index (χ1n) is 9.94. The number of nitrogens with zero attached hydrogens (tertiary/aromatic N) is 1. The molecule has 2 fully saturated rings. The Balaban J connectivity index is 1.68. The first-order chi connectivity index (χ1) is 14.0. The molecule has 2 heterocycles. The van der Waals surface area contributed by atoms with Crippen LogP contribution in [0.2, 0.25) is 0 Å². The Morgan fingerprint density at radius 2 is 1.55 bits per heavy atom. The van der Waals surface area contributed by atoms with Gasteiger partial charge in [0.2, 0.25) is 0 Å². The summed E-state index contributed by atoms with van der Waals surface area (Å²) in [6.45, 7) is 0. The summed E-state index contributed by atoms with van der Waals surface area (Å²) in [5.41, 5.74) is 1.51. The predicted molar refractivity (Wildman–Crippen MR) is 104 cm³/mol. The third-order valence-corrected chi connectivity index (χ3v) is 6.34. The number of rotatable bonds is 5. The molecule has 154 valence electrons. The summed E-state index contributed by atoms with van der Waals surface area (Å²) in [6, 6.07) is 12.6. The Morgan fingerprint density at radius 1 is 1.00 bits per heavy atom. The van der Waals surface area contributed by atoms with Crippen molar-refractivity contribution in [3.63, 3.8) is 0 Å². The van der Waals surface area contributed by atoms with Gasteiger partial charge in [-0.05, 0) is 61.7 Å². The van der Waals surface area contributed by atoms with E-state index in [1.165, 1.54) is 31.4 Å². The van der Waals surface area contributed by atoms with E-state index in [1.807, 2.05) is 7.05 Å². The highest BCUT2D eigenvalue weighted by atomic mass is 19.1. The molecule has 2 unspecified atom stereocenters. The molecule has 2 aromatic rings. The minimum atomic E-state index is -0.531. The molecule has 2 aliphatic rings. The van der Waals surface area contributed by atoms with E-state index >= 15 is 0 Å². The Morgan fingerprint density at radius 3 is 2.07 bits per heavy atom. The van der Waals surface area contributed by atoms with Crippen LogP contribution in [0.3, 0.4) is 0 Å². The van der Waals surface area contributed by atoms with Gasteiger partial charge in [0, 0.05) is 12.1 Å². The summed E-state index contributed by atoms with van der Waals surface area (Å²) < 4.78 is 38.6. The third-order valence-electron chi connectivity index (χ3n) is 6.34. The smallest absolute Gasteiger partial charge is 0.312 e. The predicted octanol–water partition coefficient (Wildman–Crippen LogP) is 4.10. The lowest BCUT2D eigenvalue weighted by Gasteiger charge is -2.42. The van der Waals surface area contributed by atoms with Gasteiger partial charge in [0.15, 0.2) is 0 Å². The van der Waals surface area contributed by atoms with Gasteiger partial charge in [-0.2, -0.15) is 0 Å². The standard InChI is InChI=1S/C23H25F2NO3/c1-26-18-11-12-19(26)21(23(27)28-2)20(13-18)29-22(14-3-7-16(24)8-4-14)15-5-9-17(25)10-6-15/h3-10,18-22H,11-13H2,1-2H3/t18-,19?,20-,21?/m1/s1. The van der Waals surface area contributed by atoms with Crippen molar-refractivity contribution in [3.05, 3.63) is 71.3 Å². The molecular weight excluding hydrogens is 376 g/mol. The van der Waals surface area contributed by atoms with E-state index in [2.05, 4.69) is 4.90 Å². The number of hydrogen-bond acceptors (Lipinski definition) is 4. The number of hydrogen-bond donors (Lipinski definition) is 0. The maximum Gasteiger partial charge on any atom is 0.312 e. The molecule has 2 aromatic carbocycles. The fraction of sp³-hybridized carbons (Fsp3) is 0.435. The maximum atomic E-state index is 13.5. The SMILES string of the molecule is COC(=O)C1C2CC[C@H](C[C@H]1OC(c1ccc(F)cc1)c1ccc(F)cc1)N2C. The average Bonchev–Trinajstić information content (AvgIpc) is 2.96. The van der Waals surface area contributed by atoms with Crippen molar-refractivity contribution in [2.75, 3.05) is 14.2 Å². The average molecular weight is 401 g/mol. The quantitative estimate of drug-likeness (QED) is 0.708. The summed E-state index contributed by atoms with van der Waals surface area (Å²) in [4.78, 5) is 14.9. The molecule has 2 saturated heterocycles. The van der Waals surface area contributed by atoms with Crippen LogP contribution in [0.5, 0.6) is 0 Å². The number of benzene rings is 2. The van der Waals surface area contributed by atoms with Gasteiger partial charge in [-0.25, -0.2) is 8.78 Å². The van der Waals surface area contributed by atoms with E-state index < -0.39 is 12.0 Å². The normalized spacial score (nSPS) is 26.7. The Kier molecular flexibility index (Phi) is 5.65. The number of carbonyl (C=O) groups excluding carboxylic acids is 1. The van der Waals surface area contributed by atoms with Gasteiger partial charge in [-0.1, -0.05) is 24.3 Å². The molecule has 0 aliphatic carbocycles. The van der Waals surface area contributed by atoms with Crippen molar-refractivity contribution >= 4 is 5.97 Å². The monoisotopic (exact) mass is 401 g/mol. The minimum absolute atomic E-state index is 0.0771. The number of fused-ring (bicyclic) bond motifs is 2. The second-order valence-corrected chi connectivity index (χ2v) is 7.91. The zero-order chi connectivity index (χ0) is 20.5. The Labute approximate surface area is 169 Å². The fourth-order valence-electron chi connectivity index (χ4n) is 4.81. The molecule has 4 nitrogen and oxygen atoms in total. The molecule has 6 heteroatoms. The lowest BCUT2D eigenvalue weighted by molar-refractivity contribution is -0.162. The molecule has 0 spiro atoms. The van der Waals surface area contributed by atoms with E-state index in [1.54, 1.807) is 24.3 Å². The summed E-state index contributed by atoms with van der Waals surface area (Å²) in [7, 11) is 3.45. The number of methoxy groups -OCH3 is 1. The highest BCUT2D eigenvalue weighted by molar-refractivity contribution is 5.74. The van der Waals surface area contributed by atoms with Gasteiger partial charge in [0.1, 0.15) is 17.7 Å². The second-order valence-electron chi connectivity index (χ2n) is 7.91. The molecule has 4 atom stereocenters. The molecule has 4 rings (SSSR count). The van der Waals surface area contributed by atoms with Crippen LogP contribution in [-0.4, -0.2) is 43.2 Å². The number of ether oxygens (including phenoxy) is 2. The van der Waals surface area contributed by atoms with Crippen molar-refractivity contribution in [1.29, 1.82) is 0 Å². The zero-order valence-corrected chi connectivity index (χ0v) is 16.6. The van der Waals surface area contributed by atoms with Gasteiger partial charge in [-0.3, -0.25) is 9.69 Å². The molecular formula is C23H25F2NO3. The minimum Gasteiger partial charge on any atom is -0.469 e. The van der Waals surface area contributed by atoms with Gasteiger partial charge in [0.05, 0.1) is 19.1 Å². The molecule has 29 heavy (non-hydrogen) atoms. The largest absolute Gasteiger partial charge is 0.469 e. The lowest BCUT2D eigenvalue weighted by Crippen LogP contribution is -2.53. The van der Waals surface area contributed by atoms with Crippen molar-refractivity contribution in [3.8, 4) is 0 Å². The number of esters is 1. The van der Waals surface area contributed by atoms with Crippen LogP contribution in [0, 0.1) is 17.6 Å². The van der Waals surface area contributed by atoms with Gasteiger partial charge in [0.25, 0.3) is 0 Å². The highest BCUT2D eigenvalue weighted by Gasteiger charge is 2.50. The van der Waals surface area contributed by atoms with Gasteiger partial charge >= 0.3 is 5.97 Å². The van der Waals surface area contributed by atoms with Crippen LogP contribution in [0.1, 0.15) is 36.5 Å². The van der Waals surface area contributed by atoms with E-state index in [4.69, 9.17) is 9.47 Å². The zero-order valence-electron chi connectivity index (χ0n) is 16.6. The summed E-state index contributed by atoms with van der Waals surface area (Å²) in [5.74, 6) is -1.34. The highest BCUT2D eigenvalue weighted by Crippen LogP contribution is 2.42. The molecule has 0 N–H and O–H groups in total. The molecule has 0 saturated carbocycles. The van der Waals surface area contributed by atoms with E-state index in [-0.39, 0.29) is 29.7 Å². The number of halogens is 2. The van der Waals surface area contributed by atoms with Crippen LogP contribution < -0.4 is 0 Å².